The number of nitrogen functional groups attached to an aromatic ring is 1. The van der Waals surface area contributed by atoms with Gasteiger partial charge in [-0.05, 0) is 98.7 Å². The molecule has 3 rings (SSSR count). The van der Waals surface area contributed by atoms with Crippen molar-refractivity contribution in [1.29, 1.82) is 0 Å². The second-order valence-electron chi connectivity index (χ2n) is 14.1. The van der Waals surface area contributed by atoms with Crippen molar-refractivity contribution in [1.82, 2.24) is 20.9 Å². The second kappa shape index (κ2) is 22.8. The molecule has 7 N–H and O–H groups in total. The summed E-state index contributed by atoms with van der Waals surface area (Å²) in [5.41, 5.74) is 10.8. The molecule has 2 atom stereocenters. The average molecular weight is 747 g/mol. The highest BCUT2D eigenvalue weighted by Gasteiger charge is 2.27. The number of pyridine rings is 1. The molecule has 0 bridgehead atoms. The first-order valence-electron chi connectivity index (χ1n) is 19.2. The van der Waals surface area contributed by atoms with Gasteiger partial charge in [0.05, 0.1) is 5.52 Å². The van der Waals surface area contributed by atoms with Crippen LogP contribution in [0.4, 0.5) is 16.3 Å². The van der Waals surface area contributed by atoms with Crippen molar-refractivity contribution in [3.05, 3.63) is 65.2 Å². The van der Waals surface area contributed by atoms with Crippen molar-refractivity contribution in [2.24, 2.45) is 5.92 Å². The van der Waals surface area contributed by atoms with Crippen molar-refractivity contribution in [2.45, 2.75) is 123 Å². The molecule has 1 aromatic heterocycles. The van der Waals surface area contributed by atoms with Crippen molar-refractivity contribution < 1.29 is 33.8 Å². The van der Waals surface area contributed by atoms with Gasteiger partial charge in [-0.25, -0.2) is 9.78 Å². The zero-order chi connectivity index (χ0) is 39.5. The molecule has 0 saturated carbocycles. The molecule has 54 heavy (non-hydrogen) atoms. The molecule has 294 valence electrons. The van der Waals surface area contributed by atoms with E-state index >= 15 is 0 Å². The van der Waals surface area contributed by atoms with Crippen molar-refractivity contribution >= 4 is 52.2 Å². The lowest BCUT2D eigenvalue weighted by molar-refractivity contribution is -0.137. The fourth-order valence-corrected chi connectivity index (χ4v) is 5.95. The summed E-state index contributed by atoms with van der Waals surface area (Å²) in [7, 11) is 0. The number of rotatable bonds is 23. The second-order valence-corrected chi connectivity index (χ2v) is 14.1. The number of amides is 4. The highest BCUT2D eigenvalue weighted by Crippen LogP contribution is 2.25. The smallest absolute Gasteiger partial charge is 0.407 e. The van der Waals surface area contributed by atoms with Crippen molar-refractivity contribution in [3.63, 3.8) is 0 Å². The van der Waals surface area contributed by atoms with Gasteiger partial charge in [-0.1, -0.05) is 64.3 Å². The van der Waals surface area contributed by atoms with Crippen LogP contribution in [-0.2, 0) is 43.4 Å². The zero-order valence-corrected chi connectivity index (χ0v) is 32.2. The maximum atomic E-state index is 12.9. The lowest BCUT2D eigenvalue weighted by Gasteiger charge is -2.24. The zero-order valence-electron chi connectivity index (χ0n) is 32.2. The van der Waals surface area contributed by atoms with Crippen LogP contribution in [0.5, 0.6) is 0 Å². The molecule has 1 heterocycles. The number of carbonyl (C=O) groups excluding carboxylic acids is 4. The topological polar surface area (TPSA) is 202 Å². The van der Waals surface area contributed by atoms with Crippen molar-refractivity contribution in [2.75, 3.05) is 17.6 Å². The molecule has 0 radical (unpaired) electrons. The Bertz CT molecular complexity index is 1700. The van der Waals surface area contributed by atoms with Crippen LogP contribution in [0.2, 0.25) is 0 Å². The Morgan fingerprint density at radius 1 is 0.815 bits per heavy atom. The Morgan fingerprint density at radius 2 is 1.52 bits per heavy atom. The number of aliphatic carboxylic acids is 1. The van der Waals surface area contributed by atoms with Crippen LogP contribution >= 0.6 is 0 Å². The molecule has 13 heteroatoms. The number of anilines is 2. The van der Waals surface area contributed by atoms with Crippen LogP contribution in [0, 0.1) is 5.92 Å². The number of unbranched alkanes of at least 4 members (excludes halogenated alkanes) is 5. The number of nitrogens with two attached hydrogens (primary N) is 1. The molecule has 0 aliphatic rings. The molecular weight excluding hydrogens is 688 g/mol. The lowest BCUT2D eigenvalue weighted by Crippen LogP contribution is -2.53. The Kier molecular flexibility index (Phi) is 18.2. The predicted molar refractivity (Wildman–Crippen MR) is 211 cm³/mol. The highest BCUT2D eigenvalue weighted by molar-refractivity contribution is 5.98. The molecule has 0 aliphatic heterocycles. The molecule has 0 fully saturated rings. The minimum Gasteiger partial charge on any atom is -0.481 e. The Morgan fingerprint density at radius 3 is 2.22 bits per heavy atom. The number of benzene rings is 2. The lowest BCUT2D eigenvalue weighted by atomic mass is 9.99. The quantitative estimate of drug-likeness (QED) is 0.0593. The number of nitrogens with one attached hydrogen (secondary N) is 4. The van der Waals surface area contributed by atoms with Gasteiger partial charge in [-0.3, -0.25) is 19.2 Å². The number of fused-ring (bicyclic) bond motifs is 1. The monoisotopic (exact) mass is 746 g/mol. The SMILES string of the molecule is CCCCCc1cc2c(CCCCCNC(=O)OCc3ccc(NC(=O)C(C)NC(=O)C(NC(=O)CCCCC(=O)O)C(C)C)cc3)cccc2nc1N. The summed E-state index contributed by atoms with van der Waals surface area (Å²) >= 11 is 0. The number of carboxylic acids is 1. The Balaban J connectivity index is 1.34. The molecule has 13 nitrogen and oxygen atoms in total. The Hall–Kier alpha value is -5.20. The van der Waals surface area contributed by atoms with Crippen LogP contribution < -0.4 is 27.0 Å². The molecule has 0 saturated heterocycles. The molecule has 2 unspecified atom stereocenters. The summed E-state index contributed by atoms with van der Waals surface area (Å²) in [4.78, 5) is 65.6. The van der Waals surface area contributed by atoms with Crippen LogP contribution in [-0.4, -0.2) is 58.5 Å². The molecule has 2 aromatic carbocycles. The van der Waals surface area contributed by atoms with E-state index in [-0.39, 0.29) is 31.3 Å². The first-order valence-corrected chi connectivity index (χ1v) is 19.2. The number of alkyl carbamates (subject to hydrolysis) is 1. The van der Waals surface area contributed by atoms with Gasteiger partial charge in [0.15, 0.2) is 0 Å². The third-order valence-corrected chi connectivity index (χ3v) is 9.16. The van der Waals surface area contributed by atoms with E-state index < -0.39 is 36.0 Å². The normalized spacial score (nSPS) is 12.2. The van der Waals surface area contributed by atoms with Gasteiger partial charge in [0.25, 0.3) is 0 Å². The van der Waals surface area contributed by atoms with E-state index in [1.165, 1.54) is 12.0 Å². The predicted octanol–water partition coefficient (Wildman–Crippen LogP) is 6.42. The Labute approximate surface area is 318 Å². The van der Waals surface area contributed by atoms with Gasteiger partial charge in [0.2, 0.25) is 17.7 Å². The fraction of sp³-hybridized carbons (Fsp3) is 0.512. The van der Waals surface area contributed by atoms with E-state index in [1.807, 2.05) is 12.1 Å². The molecular formula is C41H58N6O7. The number of ether oxygens (including phenoxy) is 1. The summed E-state index contributed by atoms with van der Waals surface area (Å²) in [5, 5.41) is 20.8. The number of aryl methyl sites for hydroxylation is 2. The van der Waals surface area contributed by atoms with Gasteiger partial charge in [-0.15, -0.1) is 0 Å². The minimum absolute atomic E-state index is 0.0207. The number of carbonyl (C=O) groups is 5. The molecule has 0 spiro atoms. The maximum Gasteiger partial charge on any atom is 0.407 e. The van der Waals surface area contributed by atoms with Crippen LogP contribution in [0.15, 0.2) is 48.5 Å². The number of aromatic nitrogens is 1. The number of nitrogens with zero attached hydrogens (tertiary/aromatic N) is 1. The third kappa shape index (κ3) is 15.0. The molecule has 4 amide bonds. The van der Waals surface area contributed by atoms with E-state index in [0.717, 1.165) is 67.0 Å². The van der Waals surface area contributed by atoms with Gasteiger partial charge in [-0.2, -0.15) is 0 Å². The average Bonchev–Trinajstić information content (AvgIpc) is 3.13. The number of carboxylic acid groups (broad SMARTS) is 1. The molecule has 0 aliphatic carbocycles. The first-order chi connectivity index (χ1) is 25.9. The third-order valence-electron chi connectivity index (χ3n) is 9.16. The number of hydrogen-bond acceptors (Lipinski definition) is 8. The van der Waals surface area contributed by atoms with Crippen LogP contribution in [0.3, 0.4) is 0 Å². The van der Waals surface area contributed by atoms with Crippen molar-refractivity contribution in [3.8, 4) is 0 Å². The van der Waals surface area contributed by atoms with Crippen LogP contribution in [0.25, 0.3) is 10.9 Å². The first kappa shape index (κ1) is 43.2. The van der Waals surface area contributed by atoms with E-state index in [4.69, 9.17) is 15.6 Å². The largest absolute Gasteiger partial charge is 0.481 e. The minimum atomic E-state index is -0.921. The van der Waals surface area contributed by atoms with Gasteiger partial charge in [0, 0.05) is 30.5 Å². The van der Waals surface area contributed by atoms with E-state index in [0.29, 0.717) is 30.9 Å². The van der Waals surface area contributed by atoms with E-state index in [2.05, 4.69) is 45.3 Å². The summed E-state index contributed by atoms with van der Waals surface area (Å²) in [6.07, 6.45) is 8.41. The van der Waals surface area contributed by atoms with E-state index in [1.54, 1.807) is 45.0 Å². The maximum absolute atomic E-state index is 12.9. The molecule has 3 aromatic rings. The summed E-state index contributed by atoms with van der Waals surface area (Å²) in [6, 6.07) is 13.5. The fourth-order valence-electron chi connectivity index (χ4n) is 5.95. The van der Waals surface area contributed by atoms with Crippen LogP contribution in [0.1, 0.15) is 109 Å². The van der Waals surface area contributed by atoms with Gasteiger partial charge in [0.1, 0.15) is 24.5 Å². The van der Waals surface area contributed by atoms with Gasteiger partial charge < -0.3 is 36.8 Å². The summed E-state index contributed by atoms with van der Waals surface area (Å²) in [6.45, 7) is 7.87. The summed E-state index contributed by atoms with van der Waals surface area (Å²) < 4.78 is 5.36. The van der Waals surface area contributed by atoms with Gasteiger partial charge >= 0.3 is 12.1 Å². The van der Waals surface area contributed by atoms with E-state index in [9.17, 15) is 24.0 Å². The highest BCUT2D eigenvalue weighted by atomic mass is 16.5. The summed E-state index contributed by atoms with van der Waals surface area (Å²) in [5.74, 6) is -1.83. The number of hydrogen-bond donors (Lipinski definition) is 6. The standard InChI is InChI=1S/C41H58N6O7/c1-5-6-8-15-31-25-33-30(16-13-17-34(33)46-38(31)42)14-9-7-12-24-43-41(53)54-26-29-20-22-32(23-21-29)45-39(51)28(4)44-40(52)37(27(2)3)47-35(48)18-10-11-19-36(49)50/h13,16-17,20-23,25,27-28,37H,5-12,14-15,18-19,24,26H2,1-4H3,(H2,42,46)(H,43,53)(H,44,52)(H,45,51)(H,47,48)(H,49,50).